The lowest BCUT2D eigenvalue weighted by molar-refractivity contribution is -0.365. The van der Waals surface area contributed by atoms with E-state index in [4.69, 9.17) is 47.7 Å². The Bertz CT molecular complexity index is 2290. The average Bonchev–Trinajstić information content (AvgIpc) is 3.30. The van der Waals surface area contributed by atoms with E-state index in [1.54, 1.807) is 90.1 Å². The number of fused-ring (bicyclic) bond motifs is 5. The van der Waals surface area contributed by atoms with E-state index in [0.29, 0.717) is 0 Å². The fourth-order valence-corrected chi connectivity index (χ4v) is 11.0. The van der Waals surface area contributed by atoms with E-state index in [1.165, 1.54) is 19.1 Å². The zero-order valence-electron chi connectivity index (χ0n) is 41.7. The Morgan fingerprint density at radius 2 is 1.46 bits per heavy atom. The van der Waals surface area contributed by atoms with Gasteiger partial charge in [-0.2, -0.15) is 0 Å². The van der Waals surface area contributed by atoms with Crippen LogP contribution in [0, 0.1) is 28.6 Å². The highest BCUT2D eigenvalue weighted by Gasteiger charge is 2.79. The summed E-state index contributed by atoms with van der Waals surface area (Å²) in [7, 11) is 0. The van der Waals surface area contributed by atoms with Crippen LogP contribution in [-0.2, 0) is 66.6 Å². The molecule has 0 radical (unpaired) electrons. The number of nitrogens with one attached hydrogen (secondary N) is 1. The Labute approximate surface area is 417 Å². The van der Waals surface area contributed by atoms with Crippen LogP contribution in [0.25, 0.3) is 0 Å². The number of carbonyl (C=O) groups excluding carboxylic acids is 6. The number of hydrogen-bond donors (Lipinski definition) is 5. The summed E-state index contributed by atoms with van der Waals surface area (Å²) in [6.07, 6.45) is -11.7. The second-order valence-electron chi connectivity index (χ2n) is 20.7. The molecule has 1 aliphatic heterocycles. The van der Waals surface area contributed by atoms with E-state index in [-0.39, 0.29) is 50.6 Å². The number of hydrogen-bond acceptors (Lipinski definition) is 19. The first-order valence-electron chi connectivity index (χ1n) is 23.9. The van der Waals surface area contributed by atoms with Crippen molar-refractivity contribution in [3.63, 3.8) is 0 Å². The van der Waals surface area contributed by atoms with E-state index in [9.17, 15) is 39.3 Å². The lowest BCUT2D eigenvalue weighted by Crippen LogP contribution is -2.83. The molecule has 2 aromatic rings. The summed E-state index contributed by atoms with van der Waals surface area (Å²) in [5, 5.41) is 49.6. The number of ketones is 1. The molecule has 5 N–H and O–H groups in total. The van der Waals surface area contributed by atoms with Crippen molar-refractivity contribution in [2.75, 3.05) is 46.2 Å². The van der Waals surface area contributed by atoms with Gasteiger partial charge in [0.05, 0.1) is 50.6 Å². The van der Waals surface area contributed by atoms with Crippen molar-refractivity contribution in [3.05, 3.63) is 71.8 Å². The molecule has 3 unspecified atom stereocenters. The minimum absolute atomic E-state index is 0.0132. The largest absolute Gasteiger partial charge is 0.480 e. The Kier molecular flexibility index (Phi) is 17.3. The third-order valence-electron chi connectivity index (χ3n) is 14.5. The number of carbonyl (C=O) groups is 7. The summed E-state index contributed by atoms with van der Waals surface area (Å²) in [5.74, 6) is -10.1. The zero-order chi connectivity index (χ0) is 53.0. The summed E-state index contributed by atoms with van der Waals surface area (Å²) in [6, 6.07) is 14.3. The highest BCUT2D eigenvalue weighted by molar-refractivity contribution is 5.90. The first kappa shape index (κ1) is 55.8. The van der Waals surface area contributed by atoms with E-state index >= 15 is 9.59 Å². The predicted octanol–water partition coefficient (Wildman–Crippen LogP) is 2.88. The number of aliphatic carboxylic acids is 1. The molecule has 21 heteroatoms. The number of Topliss-reactive ketones (excluding diaryl/α,β-unsaturated/α-hetero) is 1. The quantitative estimate of drug-likeness (QED) is 0.0768. The van der Waals surface area contributed by atoms with Crippen molar-refractivity contribution < 1.29 is 96.6 Å². The molecule has 2 bridgehead atoms. The fourth-order valence-electron chi connectivity index (χ4n) is 11.0. The molecule has 396 valence electrons. The molecule has 1 saturated heterocycles. The molecule has 4 fully saturated rings. The molecular formula is C51H67NO20. The molecule has 0 aromatic heterocycles. The topological polar surface area (TPSA) is 296 Å². The van der Waals surface area contributed by atoms with E-state index < -0.39 is 149 Å². The van der Waals surface area contributed by atoms with Crippen LogP contribution in [-0.4, -0.2) is 162 Å². The maximum absolute atomic E-state index is 15.2. The number of ether oxygens (including phenoxy) is 9. The third-order valence-corrected chi connectivity index (χ3v) is 14.5. The Morgan fingerprint density at radius 3 is 2.03 bits per heavy atom. The van der Waals surface area contributed by atoms with Crippen LogP contribution in [0.5, 0.6) is 0 Å². The van der Waals surface area contributed by atoms with Gasteiger partial charge in [-0.3, -0.25) is 9.59 Å². The van der Waals surface area contributed by atoms with Crippen LogP contribution >= 0.6 is 0 Å². The normalized spacial score (nSPS) is 31.3. The van der Waals surface area contributed by atoms with Crippen molar-refractivity contribution in [3.8, 4) is 0 Å². The summed E-state index contributed by atoms with van der Waals surface area (Å²) in [5.41, 5.74) is -8.52. The predicted molar refractivity (Wildman–Crippen MR) is 248 cm³/mol. The number of rotatable bonds is 19. The van der Waals surface area contributed by atoms with Crippen LogP contribution < -0.4 is 5.32 Å². The Balaban J connectivity index is 1.40. The lowest BCUT2D eigenvalue weighted by Gasteiger charge is -2.69. The van der Waals surface area contributed by atoms with Gasteiger partial charge in [0.15, 0.2) is 11.4 Å². The Morgan fingerprint density at radius 1 is 0.861 bits per heavy atom. The van der Waals surface area contributed by atoms with Crippen molar-refractivity contribution in [1.29, 1.82) is 0 Å². The number of esters is 4. The van der Waals surface area contributed by atoms with Gasteiger partial charge in [-0.1, -0.05) is 76.2 Å². The van der Waals surface area contributed by atoms with Crippen molar-refractivity contribution >= 4 is 41.7 Å². The van der Waals surface area contributed by atoms with Crippen molar-refractivity contribution in [2.45, 2.75) is 128 Å². The molecular weight excluding hydrogens is 947 g/mol. The highest BCUT2D eigenvalue weighted by atomic mass is 16.6. The third kappa shape index (κ3) is 11.5. The smallest absolute Gasteiger partial charge is 0.408 e. The van der Waals surface area contributed by atoms with Crippen LogP contribution in [0.3, 0.4) is 0 Å². The maximum Gasteiger partial charge on any atom is 0.408 e. The van der Waals surface area contributed by atoms with Gasteiger partial charge in [0.25, 0.3) is 0 Å². The van der Waals surface area contributed by atoms with E-state index in [0.717, 1.165) is 6.92 Å². The van der Waals surface area contributed by atoms with Gasteiger partial charge < -0.3 is 68.4 Å². The SMILES string of the molecule is CC(=O)O[C@]12CO[C@H]1C[C@@H](O)[C@]1(C)C(O)C(=O)[C@H]3C(C)C(OC(=O)[C@@H](OC(=O)COCCOCCOCC(=O)O)[C@H](NC(=O)OC(C)(C)C)c4ccccc4)C[C@](O)([C@H](OC(=O)c4ccccc4)[C@@H]21)C3(C)C. The molecule has 2 aromatic carbocycles. The van der Waals surface area contributed by atoms with E-state index in [1.807, 2.05) is 0 Å². The highest BCUT2D eigenvalue weighted by Crippen LogP contribution is 2.65. The number of carboxylic acid groups (broad SMARTS) is 1. The first-order chi connectivity index (χ1) is 33.8. The van der Waals surface area contributed by atoms with Crippen LogP contribution in [0.4, 0.5) is 4.79 Å². The first-order valence-corrected chi connectivity index (χ1v) is 23.9. The molecule has 3 aliphatic carbocycles. The van der Waals surface area contributed by atoms with Gasteiger partial charge in [-0.05, 0) is 38.5 Å². The zero-order valence-corrected chi connectivity index (χ0v) is 41.7. The number of amides is 1. The van der Waals surface area contributed by atoms with Crippen molar-refractivity contribution in [2.24, 2.45) is 28.6 Å². The monoisotopic (exact) mass is 1010 g/mol. The molecule has 4 aliphatic rings. The van der Waals surface area contributed by atoms with Gasteiger partial charge in [-0.15, -0.1) is 0 Å². The molecule has 0 spiro atoms. The second kappa shape index (κ2) is 22.3. The minimum Gasteiger partial charge on any atom is -0.480 e. The number of benzene rings is 2. The maximum atomic E-state index is 15.2. The van der Waals surface area contributed by atoms with Gasteiger partial charge in [0, 0.05) is 42.4 Å². The standard InChI is InChI=1S/C51H67NO20/c1-28-32(68-45(61)40(69-36(57)26-66-22-20-64-19-21-65-25-35(55)56)38(30-15-11-9-12-16-30)52-46(62)72-47(3,4)5)24-51(63)43(70-44(60)31-17-13-10-14-18-31)41-49(8,42(59)39(58)37(28)48(51,6)7)33(54)23-34-50(41,27-67-34)71-29(2)53/h9-18,28,32-34,37-38,40-43,54,59,63H,19-27H2,1-8H3,(H,52,62)(H,55,56)/t28?,32?,33-,34+,37-,38-,40+,41-,42?,43-,49+,50-,51+/m1/s1. The molecule has 21 nitrogen and oxygen atoms in total. The number of alkyl carbamates (subject to hydrolysis) is 1. The number of carboxylic acids is 1. The Hall–Kier alpha value is -5.55. The molecule has 1 amide bonds. The minimum atomic E-state index is -2.43. The van der Waals surface area contributed by atoms with Gasteiger partial charge >= 0.3 is 35.9 Å². The molecule has 72 heavy (non-hydrogen) atoms. The molecule has 6 rings (SSSR count). The summed E-state index contributed by atoms with van der Waals surface area (Å²) in [4.78, 5) is 95.4. The number of aliphatic hydroxyl groups excluding tert-OH is 2. The van der Waals surface area contributed by atoms with Gasteiger partial charge in [0.1, 0.15) is 54.9 Å². The van der Waals surface area contributed by atoms with Gasteiger partial charge in [0.2, 0.25) is 6.10 Å². The average molecular weight is 1010 g/mol. The molecule has 3 saturated carbocycles. The number of aliphatic hydroxyl groups is 3. The van der Waals surface area contributed by atoms with E-state index in [2.05, 4.69) is 5.32 Å². The van der Waals surface area contributed by atoms with Crippen molar-refractivity contribution in [1.82, 2.24) is 5.32 Å². The fraction of sp³-hybridized carbons (Fsp3) is 0.627. The lowest BCUT2D eigenvalue weighted by atomic mass is 9.42. The van der Waals surface area contributed by atoms with Crippen LogP contribution in [0.1, 0.15) is 90.2 Å². The molecule has 13 atom stereocenters. The molecule has 1 heterocycles. The summed E-state index contributed by atoms with van der Waals surface area (Å²) in [6.45, 7) is 10.4. The van der Waals surface area contributed by atoms with Crippen LogP contribution in [0.2, 0.25) is 0 Å². The van der Waals surface area contributed by atoms with Gasteiger partial charge in [-0.25, -0.2) is 24.0 Å². The summed E-state index contributed by atoms with van der Waals surface area (Å²) >= 11 is 0. The second-order valence-corrected chi connectivity index (χ2v) is 20.7. The van der Waals surface area contributed by atoms with Crippen LogP contribution in [0.15, 0.2) is 60.7 Å². The summed E-state index contributed by atoms with van der Waals surface area (Å²) < 4.78 is 51.7.